The van der Waals surface area contributed by atoms with Gasteiger partial charge in [-0.25, -0.2) is 9.97 Å². The zero-order valence-electron chi connectivity index (χ0n) is 11.8. The van der Waals surface area contributed by atoms with Crippen LogP contribution >= 0.6 is 45.5 Å². The minimum atomic E-state index is -0.104. The van der Waals surface area contributed by atoms with Gasteiger partial charge in [0.25, 0.3) is 0 Å². The van der Waals surface area contributed by atoms with Gasteiger partial charge in [0.05, 0.1) is 27.1 Å². The lowest BCUT2D eigenvalue weighted by Crippen LogP contribution is -2.07. The van der Waals surface area contributed by atoms with E-state index in [0.29, 0.717) is 0 Å². The second-order valence-corrected chi connectivity index (χ2v) is 7.94. The van der Waals surface area contributed by atoms with E-state index in [2.05, 4.69) is 55.7 Å². The highest BCUT2D eigenvalue weighted by Crippen LogP contribution is 2.26. The molecule has 0 aliphatic rings. The molecule has 3 rings (SSSR count). The van der Waals surface area contributed by atoms with E-state index in [1.54, 1.807) is 11.3 Å². The second kappa shape index (κ2) is 6.22. The van der Waals surface area contributed by atoms with Gasteiger partial charge >= 0.3 is 0 Å². The Hall–Kier alpha value is -0.660. The molecule has 21 heavy (non-hydrogen) atoms. The van der Waals surface area contributed by atoms with E-state index >= 15 is 0 Å². The monoisotopic (exact) mass is 431 g/mol. The first kappa shape index (κ1) is 15.2. The minimum Gasteiger partial charge on any atom is -0.326 e. The summed E-state index contributed by atoms with van der Waals surface area (Å²) in [4.78, 5) is 9.23. The van der Waals surface area contributed by atoms with Gasteiger partial charge in [-0.1, -0.05) is 0 Å². The van der Waals surface area contributed by atoms with Crippen molar-refractivity contribution in [1.29, 1.82) is 0 Å². The van der Waals surface area contributed by atoms with Gasteiger partial charge in [0.1, 0.15) is 5.82 Å². The van der Waals surface area contributed by atoms with Crippen LogP contribution in [0.4, 0.5) is 0 Å². The summed E-state index contributed by atoms with van der Waals surface area (Å²) in [6.07, 6.45) is 0.901. The van der Waals surface area contributed by atoms with Crippen LogP contribution in [0.25, 0.3) is 11.0 Å². The van der Waals surface area contributed by atoms with Crippen LogP contribution in [0.1, 0.15) is 28.8 Å². The second-order valence-electron chi connectivity index (χ2n) is 4.98. The standard InChI is InChI=1S/C15H15ClIN3S/c1-9(16)15-19-13-7-11(17)3-4-14(13)20(15)6-5-12-8-21-10(2)18-12/h3-4,7-9H,5-6H2,1-2H3. The number of aryl methyl sites for hydroxylation is 3. The molecule has 3 aromatic rings. The molecule has 3 nitrogen and oxygen atoms in total. The zero-order valence-corrected chi connectivity index (χ0v) is 15.5. The molecule has 110 valence electrons. The van der Waals surface area contributed by atoms with Crippen LogP contribution in [-0.2, 0) is 13.0 Å². The van der Waals surface area contributed by atoms with Crippen LogP contribution in [0.2, 0.25) is 0 Å². The summed E-state index contributed by atoms with van der Waals surface area (Å²) >= 11 is 10.3. The van der Waals surface area contributed by atoms with Crippen molar-refractivity contribution in [3.63, 3.8) is 0 Å². The predicted molar refractivity (Wildman–Crippen MR) is 97.3 cm³/mol. The predicted octanol–water partition coefficient (Wildman–Crippen LogP) is 4.95. The topological polar surface area (TPSA) is 30.7 Å². The van der Waals surface area contributed by atoms with Gasteiger partial charge in [-0.2, -0.15) is 0 Å². The SMILES string of the molecule is Cc1nc(CCn2c(C(C)Cl)nc3cc(I)ccc32)cs1. The van der Waals surface area contributed by atoms with Crippen LogP contribution in [0.5, 0.6) is 0 Å². The number of hydrogen-bond donors (Lipinski definition) is 0. The van der Waals surface area contributed by atoms with Gasteiger partial charge in [0.15, 0.2) is 0 Å². The molecule has 0 bridgehead atoms. The van der Waals surface area contributed by atoms with Crippen LogP contribution < -0.4 is 0 Å². The van der Waals surface area contributed by atoms with Gasteiger partial charge in [0, 0.05) is 21.9 Å². The number of fused-ring (bicyclic) bond motifs is 1. The number of imidazole rings is 1. The molecular formula is C15H15ClIN3S. The zero-order chi connectivity index (χ0) is 15.0. The number of rotatable bonds is 4. The summed E-state index contributed by atoms with van der Waals surface area (Å²) in [7, 11) is 0. The molecule has 0 fully saturated rings. The van der Waals surface area contributed by atoms with Crippen molar-refractivity contribution >= 4 is 56.6 Å². The van der Waals surface area contributed by atoms with Crippen molar-refractivity contribution in [2.45, 2.75) is 32.2 Å². The largest absolute Gasteiger partial charge is 0.326 e. The minimum absolute atomic E-state index is 0.104. The Morgan fingerprint density at radius 1 is 1.38 bits per heavy atom. The normalized spacial score (nSPS) is 13.0. The first-order valence-corrected chi connectivity index (χ1v) is 9.15. The van der Waals surface area contributed by atoms with Crippen molar-refractivity contribution in [2.75, 3.05) is 0 Å². The molecule has 0 N–H and O–H groups in total. The highest BCUT2D eigenvalue weighted by molar-refractivity contribution is 14.1. The number of thiazole rings is 1. The lowest BCUT2D eigenvalue weighted by Gasteiger charge is -2.09. The quantitative estimate of drug-likeness (QED) is 0.432. The van der Waals surface area contributed by atoms with E-state index in [1.807, 2.05) is 13.8 Å². The number of alkyl halides is 1. The van der Waals surface area contributed by atoms with E-state index in [1.165, 1.54) is 3.57 Å². The van der Waals surface area contributed by atoms with Crippen molar-refractivity contribution in [2.24, 2.45) is 0 Å². The Bertz CT molecular complexity index is 778. The lowest BCUT2D eigenvalue weighted by atomic mass is 10.3. The Kier molecular flexibility index (Phi) is 4.51. The first-order valence-electron chi connectivity index (χ1n) is 6.75. The molecule has 0 aliphatic carbocycles. The maximum Gasteiger partial charge on any atom is 0.127 e. The van der Waals surface area contributed by atoms with Crippen molar-refractivity contribution < 1.29 is 0 Å². The molecule has 0 saturated heterocycles. The van der Waals surface area contributed by atoms with E-state index in [9.17, 15) is 0 Å². The fourth-order valence-corrected chi connectivity index (χ4v) is 3.70. The van der Waals surface area contributed by atoms with Gasteiger partial charge < -0.3 is 4.57 Å². The van der Waals surface area contributed by atoms with Crippen LogP contribution in [-0.4, -0.2) is 14.5 Å². The van der Waals surface area contributed by atoms with Gasteiger partial charge in [0.2, 0.25) is 0 Å². The average molecular weight is 432 g/mol. The highest BCUT2D eigenvalue weighted by atomic mass is 127. The molecule has 0 aliphatic heterocycles. The summed E-state index contributed by atoms with van der Waals surface area (Å²) in [5.74, 6) is 0.931. The molecule has 1 unspecified atom stereocenters. The third-order valence-corrected chi connectivity index (χ3v) is 5.04. The molecule has 1 aromatic carbocycles. The summed E-state index contributed by atoms with van der Waals surface area (Å²) in [5.41, 5.74) is 3.29. The van der Waals surface area contributed by atoms with Crippen molar-refractivity contribution in [3.8, 4) is 0 Å². The summed E-state index contributed by atoms with van der Waals surface area (Å²) in [6, 6.07) is 6.33. The number of aromatic nitrogens is 3. The van der Waals surface area contributed by atoms with Crippen LogP contribution in [0.3, 0.4) is 0 Å². The molecule has 2 aromatic heterocycles. The van der Waals surface area contributed by atoms with Crippen molar-refractivity contribution in [3.05, 3.63) is 43.7 Å². The molecule has 0 saturated carbocycles. The molecule has 0 amide bonds. The first-order chi connectivity index (χ1) is 10.0. The summed E-state index contributed by atoms with van der Waals surface area (Å²) < 4.78 is 3.41. The lowest BCUT2D eigenvalue weighted by molar-refractivity contribution is 0.661. The molecule has 6 heteroatoms. The number of hydrogen-bond acceptors (Lipinski definition) is 3. The fourth-order valence-electron chi connectivity index (χ4n) is 2.41. The number of nitrogens with zero attached hydrogens (tertiary/aromatic N) is 3. The maximum atomic E-state index is 6.31. The Balaban J connectivity index is 1.97. The third-order valence-electron chi connectivity index (χ3n) is 3.35. The van der Waals surface area contributed by atoms with Crippen molar-refractivity contribution in [1.82, 2.24) is 14.5 Å². The van der Waals surface area contributed by atoms with Crippen LogP contribution in [0.15, 0.2) is 23.6 Å². The highest BCUT2D eigenvalue weighted by Gasteiger charge is 2.15. The number of halogens is 2. The van der Waals surface area contributed by atoms with E-state index in [0.717, 1.165) is 40.5 Å². The summed E-state index contributed by atoms with van der Waals surface area (Å²) in [6.45, 7) is 4.86. The van der Waals surface area contributed by atoms with E-state index < -0.39 is 0 Å². The third kappa shape index (κ3) is 3.24. The van der Waals surface area contributed by atoms with E-state index in [4.69, 9.17) is 16.6 Å². The molecule has 0 spiro atoms. The smallest absolute Gasteiger partial charge is 0.127 e. The Morgan fingerprint density at radius 3 is 2.86 bits per heavy atom. The Labute approximate surface area is 146 Å². The molecule has 0 radical (unpaired) electrons. The Morgan fingerprint density at radius 2 is 2.19 bits per heavy atom. The van der Waals surface area contributed by atoms with Gasteiger partial charge in [-0.15, -0.1) is 22.9 Å². The van der Waals surface area contributed by atoms with Gasteiger partial charge in [-0.05, 0) is 54.6 Å². The fraction of sp³-hybridized carbons (Fsp3) is 0.333. The molecular weight excluding hydrogens is 417 g/mol. The van der Waals surface area contributed by atoms with E-state index in [-0.39, 0.29) is 5.38 Å². The summed E-state index contributed by atoms with van der Waals surface area (Å²) in [5, 5.41) is 3.13. The molecule has 2 heterocycles. The van der Waals surface area contributed by atoms with Gasteiger partial charge in [-0.3, -0.25) is 0 Å². The molecule has 1 atom stereocenters. The maximum absolute atomic E-state index is 6.31. The van der Waals surface area contributed by atoms with Crippen LogP contribution in [0, 0.1) is 10.5 Å². The average Bonchev–Trinajstić information content (AvgIpc) is 2.99. The number of benzene rings is 1.